The molecule has 0 aromatic heterocycles. The standard InChI is InChI=1S/C23H48NS/c1-3-4-5-6-7-8-9-10-11-12-13-14-15-16-17-18-20-24(2)21-19-22-25-23-24/h3-23H2,1-2H3/q+1. The minimum absolute atomic E-state index is 1.34. The van der Waals surface area contributed by atoms with E-state index in [0.717, 1.165) is 0 Å². The van der Waals surface area contributed by atoms with Gasteiger partial charge in [0.05, 0.1) is 20.1 Å². The maximum Gasteiger partial charge on any atom is 0.125 e. The van der Waals surface area contributed by atoms with Gasteiger partial charge in [-0.3, -0.25) is 0 Å². The van der Waals surface area contributed by atoms with Crippen molar-refractivity contribution in [2.24, 2.45) is 0 Å². The molecule has 0 amide bonds. The Balaban J connectivity index is 1.72. The fourth-order valence-corrected chi connectivity index (χ4v) is 5.28. The maximum absolute atomic E-state index is 2.47. The molecule has 25 heavy (non-hydrogen) atoms. The molecule has 1 nitrogen and oxygen atoms in total. The molecular weight excluding hydrogens is 322 g/mol. The Labute approximate surface area is 164 Å². The summed E-state index contributed by atoms with van der Waals surface area (Å²) in [5, 5.41) is 0. The SMILES string of the molecule is CCCCCCCCCCCCCCCCCC[N+]1(C)CCCSC1. The average Bonchev–Trinajstić information content (AvgIpc) is 2.62. The highest BCUT2D eigenvalue weighted by atomic mass is 32.2. The van der Waals surface area contributed by atoms with Crippen molar-refractivity contribution in [3.05, 3.63) is 0 Å². The summed E-state index contributed by atoms with van der Waals surface area (Å²) >= 11 is 2.16. The van der Waals surface area contributed by atoms with Gasteiger partial charge in [0.1, 0.15) is 5.88 Å². The summed E-state index contributed by atoms with van der Waals surface area (Å²) in [6.07, 6.45) is 25.0. The number of rotatable bonds is 17. The Morgan fingerprint density at radius 3 is 1.48 bits per heavy atom. The molecule has 2 heteroatoms. The molecule has 1 atom stereocenters. The molecule has 1 aliphatic rings. The predicted molar refractivity (Wildman–Crippen MR) is 117 cm³/mol. The lowest BCUT2D eigenvalue weighted by Gasteiger charge is -2.37. The largest absolute Gasteiger partial charge is 0.318 e. The molecule has 150 valence electrons. The van der Waals surface area contributed by atoms with E-state index in [0.29, 0.717) is 0 Å². The number of quaternary nitrogens is 1. The van der Waals surface area contributed by atoms with Crippen molar-refractivity contribution in [3.63, 3.8) is 0 Å². The second kappa shape index (κ2) is 16.5. The fraction of sp³-hybridized carbons (Fsp3) is 1.00. The van der Waals surface area contributed by atoms with Crippen LogP contribution in [0.2, 0.25) is 0 Å². The van der Waals surface area contributed by atoms with Crippen LogP contribution in [0.15, 0.2) is 0 Å². The highest BCUT2D eigenvalue weighted by Crippen LogP contribution is 2.21. The normalized spacial score (nSPS) is 20.9. The molecule has 1 saturated heterocycles. The van der Waals surface area contributed by atoms with Crippen LogP contribution in [-0.2, 0) is 0 Å². The Hall–Kier alpha value is 0.310. The number of nitrogens with zero attached hydrogens (tertiary/aromatic N) is 1. The van der Waals surface area contributed by atoms with Gasteiger partial charge in [0, 0.05) is 12.2 Å². The van der Waals surface area contributed by atoms with E-state index in [1.807, 2.05) is 0 Å². The molecule has 1 fully saturated rings. The zero-order chi connectivity index (χ0) is 18.1. The van der Waals surface area contributed by atoms with Gasteiger partial charge in [-0.25, -0.2) is 0 Å². The zero-order valence-electron chi connectivity index (χ0n) is 17.7. The molecule has 0 N–H and O–H groups in total. The Bertz CT molecular complexity index is 273. The Kier molecular flexibility index (Phi) is 15.4. The van der Waals surface area contributed by atoms with Crippen LogP contribution >= 0.6 is 11.8 Å². The van der Waals surface area contributed by atoms with Gasteiger partial charge in [-0.2, -0.15) is 0 Å². The molecule has 1 unspecified atom stereocenters. The van der Waals surface area contributed by atoms with Crippen LogP contribution in [0.4, 0.5) is 0 Å². The van der Waals surface area contributed by atoms with E-state index in [4.69, 9.17) is 0 Å². The maximum atomic E-state index is 2.47. The van der Waals surface area contributed by atoms with E-state index < -0.39 is 0 Å². The van der Waals surface area contributed by atoms with Gasteiger partial charge in [0.15, 0.2) is 0 Å². The van der Waals surface area contributed by atoms with Crippen LogP contribution in [0, 0.1) is 0 Å². The first-order chi connectivity index (χ1) is 12.3. The lowest BCUT2D eigenvalue weighted by molar-refractivity contribution is -0.898. The highest BCUT2D eigenvalue weighted by molar-refractivity contribution is 7.99. The first-order valence-electron chi connectivity index (χ1n) is 11.7. The summed E-state index contributed by atoms with van der Waals surface area (Å²) < 4.78 is 1.34. The average molecular weight is 371 g/mol. The molecule has 1 heterocycles. The summed E-state index contributed by atoms with van der Waals surface area (Å²) in [5.41, 5.74) is 0. The first-order valence-corrected chi connectivity index (χ1v) is 12.8. The summed E-state index contributed by atoms with van der Waals surface area (Å²) in [4.78, 5) is 0. The van der Waals surface area contributed by atoms with Gasteiger partial charge < -0.3 is 4.48 Å². The van der Waals surface area contributed by atoms with E-state index in [1.54, 1.807) is 0 Å². The molecule has 0 aromatic carbocycles. The molecule has 1 rings (SSSR count). The Morgan fingerprint density at radius 1 is 0.640 bits per heavy atom. The van der Waals surface area contributed by atoms with E-state index in [-0.39, 0.29) is 0 Å². The minimum Gasteiger partial charge on any atom is -0.318 e. The third-order valence-electron chi connectivity index (χ3n) is 5.94. The van der Waals surface area contributed by atoms with Crippen molar-refractivity contribution < 1.29 is 4.48 Å². The topological polar surface area (TPSA) is 0 Å². The van der Waals surface area contributed by atoms with E-state index in [9.17, 15) is 0 Å². The Morgan fingerprint density at radius 2 is 1.08 bits per heavy atom. The lowest BCUT2D eigenvalue weighted by atomic mass is 10.0. The molecule has 0 aliphatic carbocycles. The number of hydrogen-bond donors (Lipinski definition) is 0. The number of hydrogen-bond acceptors (Lipinski definition) is 1. The van der Waals surface area contributed by atoms with E-state index in [1.165, 1.54) is 138 Å². The molecule has 0 saturated carbocycles. The van der Waals surface area contributed by atoms with E-state index >= 15 is 0 Å². The summed E-state index contributed by atoms with van der Waals surface area (Å²) in [7, 11) is 2.47. The monoisotopic (exact) mass is 370 g/mol. The van der Waals surface area contributed by atoms with Crippen molar-refractivity contribution in [1.82, 2.24) is 0 Å². The van der Waals surface area contributed by atoms with E-state index in [2.05, 4.69) is 25.7 Å². The van der Waals surface area contributed by atoms with Crippen molar-refractivity contribution >= 4 is 11.8 Å². The van der Waals surface area contributed by atoms with Gasteiger partial charge >= 0.3 is 0 Å². The molecule has 0 bridgehead atoms. The summed E-state index contributed by atoms with van der Waals surface area (Å²) in [6, 6.07) is 0. The second-order valence-electron chi connectivity index (χ2n) is 8.76. The molecule has 0 spiro atoms. The van der Waals surface area contributed by atoms with Crippen molar-refractivity contribution in [2.75, 3.05) is 31.8 Å². The van der Waals surface area contributed by atoms with Crippen LogP contribution in [0.3, 0.4) is 0 Å². The third-order valence-corrected chi connectivity index (χ3v) is 7.32. The first kappa shape index (κ1) is 23.3. The van der Waals surface area contributed by atoms with Gasteiger partial charge in [0.25, 0.3) is 0 Å². The van der Waals surface area contributed by atoms with Crippen LogP contribution in [0.1, 0.15) is 116 Å². The van der Waals surface area contributed by atoms with Crippen LogP contribution in [0.25, 0.3) is 0 Å². The van der Waals surface area contributed by atoms with Crippen molar-refractivity contribution in [3.8, 4) is 0 Å². The van der Waals surface area contributed by atoms with Crippen LogP contribution in [0.5, 0.6) is 0 Å². The quantitative estimate of drug-likeness (QED) is 0.186. The smallest absolute Gasteiger partial charge is 0.125 e. The zero-order valence-corrected chi connectivity index (χ0v) is 18.5. The van der Waals surface area contributed by atoms with Crippen LogP contribution < -0.4 is 0 Å². The number of unbranched alkanes of at least 4 members (excludes halogenated alkanes) is 15. The second-order valence-corrected chi connectivity index (χ2v) is 9.84. The molecular formula is C23H48NS+. The highest BCUT2D eigenvalue weighted by Gasteiger charge is 2.23. The van der Waals surface area contributed by atoms with Crippen molar-refractivity contribution in [2.45, 2.75) is 116 Å². The molecule has 0 radical (unpaired) electrons. The third kappa shape index (κ3) is 14.1. The molecule has 1 aliphatic heterocycles. The van der Waals surface area contributed by atoms with Crippen molar-refractivity contribution in [1.29, 1.82) is 0 Å². The summed E-state index contributed by atoms with van der Waals surface area (Å²) in [6.45, 7) is 5.15. The van der Waals surface area contributed by atoms with Crippen LogP contribution in [-0.4, -0.2) is 36.2 Å². The van der Waals surface area contributed by atoms with Gasteiger partial charge in [-0.15, -0.1) is 11.8 Å². The summed E-state index contributed by atoms with van der Waals surface area (Å²) in [5.74, 6) is 2.76. The van der Waals surface area contributed by atoms with Gasteiger partial charge in [-0.05, 0) is 12.8 Å². The number of thioether (sulfide) groups is 1. The van der Waals surface area contributed by atoms with Gasteiger partial charge in [-0.1, -0.05) is 96.8 Å². The molecule has 0 aromatic rings. The van der Waals surface area contributed by atoms with Gasteiger partial charge in [0.2, 0.25) is 0 Å². The minimum atomic E-state index is 1.34. The lowest BCUT2D eigenvalue weighted by Crippen LogP contribution is -2.47. The fourth-order valence-electron chi connectivity index (χ4n) is 4.12. The predicted octanol–water partition coefficient (Wildman–Crippen LogP) is 7.79.